The number of rotatable bonds is 6. The lowest BCUT2D eigenvalue weighted by Crippen LogP contribution is -2.18. The van der Waals surface area contributed by atoms with Crippen molar-refractivity contribution in [3.63, 3.8) is 0 Å². The fraction of sp³-hybridized carbons (Fsp3) is 0.636. The van der Waals surface area contributed by atoms with E-state index in [1.807, 2.05) is 6.92 Å². The molecule has 1 unspecified atom stereocenters. The number of carbonyl (C=O) groups excluding carboxylic acids is 1. The zero-order valence-electron chi connectivity index (χ0n) is 9.74. The van der Waals surface area contributed by atoms with Crippen LogP contribution in [-0.2, 0) is 6.54 Å². The standard InChI is InChI=1S/C11H18BrN3O/c1-3-6-15-11(9(12)7-14-15)10(16)5-4-8(2)13/h7-8H,3-6,13H2,1-2H3. The summed E-state index contributed by atoms with van der Waals surface area (Å²) in [4.78, 5) is 12.0. The third-order valence-electron chi connectivity index (χ3n) is 2.32. The quantitative estimate of drug-likeness (QED) is 0.817. The molecule has 1 aromatic rings. The summed E-state index contributed by atoms with van der Waals surface area (Å²) >= 11 is 3.36. The van der Waals surface area contributed by atoms with Gasteiger partial charge in [0.05, 0.1) is 10.7 Å². The van der Waals surface area contributed by atoms with Gasteiger partial charge in [0.1, 0.15) is 5.69 Å². The van der Waals surface area contributed by atoms with E-state index >= 15 is 0 Å². The fourth-order valence-electron chi connectivity index (χ4n) is 1.50. The first-order chi connectivity index (χ1) is 7.56. The molecule has 0 radical (unpaired) electrons. The molecular formula is C11H18BrN3O. The maximum Gasteiger partial charge on any atom is 0.182 e. The van der Waals surface area contributed by atoms with Gasteiger partial charge in [0.25, 0.3) is 0 Å². The van der Waals surface area contributed by atoms with Crippen LogP contribution in [0.5, 0.6) is 0 Å². The fourth-order valence-corrected chi connectivity index (χ4v) is 2.02. The van der Waals surface area contributed by atoms with Crippen molar-refractivity contribution in [2.24, 2.45) is 5.73 Å². The number of nitrogens with two attached hydrogens (primary N) is 1. The highest BCUT2D eigenvalue weighted by Crippen LogP contribution is 2.19. The number of aryl methyl sites for hydroxylation is 1. The van der Waals surface area contributed by atoms with Crippen LogP contribution in [0, 0.1) is 0 Å². The van der Waals surface area contributed by atoms with E-state index in [9.17, 15) is 4.79 Å². The Kier molecular flexibility index (Phi) is 5.15. The summed E-state index contributed by atoms with van der Waals surface area (Å²) in [6, 6.07) is 0.0604. The first-order valence-corrected chi connectivity index (χ1v) is 6.35. The van der Waals surface area contributed by atoms with E-state index < -0.39 is 0 Å². The molecule has 1 heterocycles. The van der Waals surface area contributed by atoms with Crippen LogP contribution in [0.1, 0.15) is 43.6 Å². The second-order valence-electron chi connectivity index (χ2n) is 4.00. The Morgan fingerprint density at radius 3 is 2.94 bits per heavy atom. The van der Waals surface area contributed by atoms with Crippen molar-refractivity contribution in [2.45, 2.75) is 45.7 Å². The highest BCUT2D eigenvalue weighted by atomic mass is 79.9. The molecule has 90 valence electrons. The van der Waals surface area contributed by atoms with Gasteiger partial charge in [0.15, 0.2) is 5.78 Å². The molecule has 0 aliphatic rings. The monoisotopic (exact) mass is 287 g/mol. The molecule has 0 aliphatic carbocycles. The van der Waals surface area contributed by atoms with Crippen molar-refractivity contribution in [1.82, 2.24) is 9.78 Å². The average molecular weight is 288 g/mol. The Labute approximate surface area is 104 Å². The van der Waals surface area contributed by atoms with Gasteiger partial charge in [-0.15, -0.1) is 0 Å². The van der Waals surface area contributed by atoms with Crippen molar-refractivity contribution >= 4 is 21.7 Å². The highest BCUT2D eigenvalue weighted by Gasteiger charge is 2.16. The van der Waals surface area contributed by atoms with E-state index in [1.165, 1.54) is 0 Å². The van der Waals surface area contributed by atoms with Gasteiger partial charge in [0, 0.05) is 19.0 Å². The molecule has 0 spiro atoms. The Bertz CT molecular complexity index is 360. The van der Waals surface area contributed by atoms with Gasteiger partial charge in [-0.2, -0.15) is 5.10 Å². The summed E-state index contributed by atoms with van der Waals surface area (Å²) < 4.78 is 2.53. The Hall–Kier alpha value is -0.680. The van der Waals surface area contributed by atoms with Crippen LogP contribution < -0.4 is 5.73 Å². The number of hydrogen-bond acceptors (Lipinski definition) is 3. The van der Waals surface area contributed by atoms with Gasteiger partial charge in [-0.1, -0.05) is 6.92 Å². The second kappa shape index (κ2) is 6.15. The predicted molar refractivity (Wildman–Crippen MR) is 67.4 cm³/mol. The molecule has 2 N–H and O–H groups in total. The number of aromatic nitrogens is 2. The van der Waals surface area contributed by atoms with Gasteiger partial charge >= 0.3 is 0 Å². The minimum atomic E-state index is 0.0604. The maximum atomic E-state index is 12.0. The lowest BCUT2D eigenvalue weighted by atomic mass is 10.1. The highest BCUT2D eigenvalue weighted by molar-refractivity contribution is 9.10. The van der Waals surface area contributed by atoms with Gasteiger partial charge in [0.2, 0.25) is 0 Å². The van der Waals surface area contributed by atoms with Crippen LogP contribution in [0.4, 0.5) is 0 Å². The number of halogens is 1. The van der Waals surface area contributed by atoms with E-state index in [2.05, 4.69) is 28.0 Å². The molecule has 16 heavy (non-hydrogen) atoms. The van der Waals surface area contributed by atoms with Gasteiger partial charge in [-0.25, -0.2) is 0 Å². The van der Waals surface area contributed by atoms with Crippen molar-refractivity contribution < 1.29 is 4.79 Å². The van der Waals surface area contributed by atoms with Crippen LogP contribution in [0.15, 0.2) is 10.7 Å². The summed E-state index contributed by atoms with van der Waals surface area (Å²) in [5.74, 6) is 0.107. The first-order valence-electron chi connectivity index (χ1n) is 5.56. The minimum absolute atomic E-state index is 0.0604. The Balaban J connectivity index is 2.76. The van der Waals surface area contributed by atoms with Crippen molar-refractivity contribution in [3.05, 3.63) is 16.4 Å². The molecular weight excluding hydrogens is 270 g/mol. The lowest BCUT2D eigenvalue weighted by molar-refractivity contribution is 0.0966. The molecule has 1 aromatic heterocycles. The SMILES string of the molecule is CCCn1ncc(Br)c1C(=O)CCC(C)N. The number of ketones is 1. The minimum Gasteiger partial charge on any atom is -0.328 e. The van der Waals surface area contributed by atoms with Crippen LogP contribution in [0.25, 0.3) is 0 Å². The zero-order valence-corrected chi connectivity index (χ0v) is 11.3. The topological polar surface area (TPSA) is 60.9 Å². The molecule has 1 atom stereocenters. The molecule has 5 heteroatoms. The number of hydrogen-bond donors (Lipinski definition) is 1. The molecule has 4 nitrogen and oxygen atoms in total. The number of carbonyl (C=O) groups is 1. The maximum absolute atomic E-state index is 12.0. The number of nitrogens with zero attached hydrogens (tertiary/aromatic N) is 2. The summed E-state index contributed by atoms with van der Waals surface area (Å²) in [6.07, 6.45) is 3.82. The third-order valence-corrected chi connectivity index (χ3v) is 2.90. The molecule has 1 rings (SSSR count). The largest absolute Gasteiger partial charge is 0.328 e. The summed E-state index contributed by atoms with van der Waals surface area (Å²) in [5.41, 5.74) is 6.31. The van der Waals surface area contributed by atoms with Gasteiger partial charge < -0.3 is 5.73 Å². The molecule has 0 aromatic carbocycles. The van der Waals surface area contributed by atoms with E-state index in [0.29, 0.717) is 18.5 Å². The van der Waals surface area contributed by atoms with Crippen molar-refractivity contribution in [3.8, 4) is 0 Å². The normalized spacial score (nSPS) is 12.8. The first kappa shape index (κ1) is 13.4. The summed E-state index contributed by atoms with van der Waals surface area (Å²) in [6.45, 7) is 4.74. The molecule has 0 amide bonds. The van der Waals surface area contributed by atoms with Crippen molar-refractivity contribution in [2.75, 3.05) is 0 Å². The smallest absolute Gasteiger partial charge is 0.182 e. The molecule has 0 fully saturated rings. The van der Waals surface area contributed by atoms with E-state index in [4.69, 9.17) is 5.73 Å². The molecule has 0 aliphatic heterocycles. The molecule has 0 saturated heterocycles. The molecule has 0 saturated carbocycles. The average Bonchev–Trinajstić information content (AvgIpc) is 2.57. The Morgan fingerprint density at radius 2 is 2.38 bits per heavy atom. The summed E-state index contributed by atoms with van der Waals surface area (Å²) in [5, 5.41) is 4.17. The van der Waals surface area contributed by atoms with Crippen LogP contribution in [0.2, 0.25) is 0 Å². The summed E-state index contributed by atoms with van der Waals surface area (Å²) in [7, 11) is 0. The van der Waals surface area contributed by atoms with E-state index in [0.717, 1.165) is 17.4 Å². The van der Waals surface area contributed by atoms with Gasteiger partial charge in [-0.05, 0) is 35.7 Å². The van der Waals surface area contributed by atoms with Crippen LogP contribution >= 0.6 is 15.9 Å². The van der Waals surface area contributed by atoms with Crippen molar-refractivity contribution in [1.29, 1.82) is 0 Å². The Morgan fingerprint density at radius 1 is 1.69 bits per heavy atom. The van der Waals surface area contributed by atoms with E-state index in [-0.39, 0.29) is 11.8 Å². The predicted octanol–water partition coefficient (Wildman–Crippen LogP) is 2.37. The lowest BCUT2D eigenvalue weighted by Gasteiger charge is -2.07. The van der Waals surface area contributed by atoms with Crippen LogP contribution in [0.3, 0.4) is 0 Å². The molecule has 0 bridgehead atoms. The number of Topliss-reactive ketones (excluding diaryl/α,β-unsaturated/α-hetero) is 1. The van der Waals surface area contributed by atoms with Gasteiger partial charge in [-0.3, -0.25) is 9.48 Å². The van der Waals surface area contributed by atoms with E-state index in [1.54, 1.807) is 10.9 Å². The second-order valence-corrected chi connectivity index (χ2v) is 4.86. The third kappa shape index (κ3) is 3.42. The zero-order chi connectivity index (χ0) is 12.1. The van der Waals surface area contributed by atoms with Crippen LogP contribution in [-0.4, -0.2) is 21.6 Å².